The fourth-order valence-corrected chi connectivity index (χ4v) is 9.11. The number of ketones is 1. The highest BCUT2D eigenvalue weighted by atomic mass is 16.5. The molecule has 1 aromatic carbocycles. The smallest absolute Gasteiger partial charge is 0.155 e. The lowest BCUT2D eigenvalue weighted by atomic mass is 9.51. The second kappa shape index (κ2) is 10.6. The second-order valence-electron chi connectivity index (χ2n) is 12.6. The van der Waals surface area contributed by atoms with E-state index in [1.807, 2.05) is 6.08 Å². The van der Waals surface area contributed by atoms with Crippen molar-refractivity contribution in [1.82, 2.24) is 5.32 Å². The van der Waals surface area contributed by atoms with Crippen molar-refractivity contribution < 1.29 is 14.6 Å². The first kappa shape index (κ1) is 24.7. The lowest BCUT2D eigenvalue weighted by Crippen LogP contribution is -2.49. The Hall–Kier alpha value is -1.65. The predicted octanol–water partition coefficient (Wildman–Crippen LogP) is 6.36. The number of benzene rings is 1. The number of ether oxygens (including phenoxy) is 1. The first-order valence-corrected chi connectivity index (χ1v) is 15.0. The first-order chi connectivity index (χ1) is 17.6. The second-order valence-corrected chi connectivity index (χ2v) is 12.6. The zero-order chi connectivity index (χ0) is 24.5. The van der Waals surface area contributed by atoms with E-state index in [2.05, 4.69) is 29.6 Å². The molecule has 6 rings (SSSR count). The van der Waals surface area contributed by atoms with Crippen LogP contribution in [0.3, 0.4) is 0 Å². The average molecular weight is 492 g/mol. The van der Waals surface area contributed by atoms with Crippen molar-refractivity contribution in [3.63, 3.8) is 0 Å². The first-order valence-electron chi connectivity index (χ1n) is 15.0. The average Bonchev–Trinajstić information content (AvgIpc) is 3.24. The number of carbonyl (C=O) groups excluding carboxylic acids is 1. The molecule has 0 spiro atoms. The van der Waals surface area contributed by atoms with E-state index in [1.165, 1.54) is 56.1 Å². The molecular weight excluding hydrogens is 446 g/mol. The minimum Gasteiger partial charge on any atom is -0.494 e. The van der Waals surface area contributed by atoms with Crippen molar-refractivity contribution in [2.75, 3.05) is 6.61 Å². The van der Waals surface area contributed by atoms with Crippen LogP contribution in [-0.2, 0) is 11.3 Å². The monoisotopic (exact) mass is 491 g/mol. The number of allylic oxidation sites excluding steroid dienone is 1. The molecule has 0 amide bonds. The molecule has 4 heteroatoms. The third-order valence-electron chi connectivity index (χ3n) is 10.9. The predicted molar refractivity (Wildman–Crippen MR) is 143 cm³/mol. The van der Waals surface area contributed by atoms with Crippen LogP contribution in [0.15, 0.2) is 35.9 Å². The van der Waals surface area contributed by atoms with Crippen LogP contribution in [-0.4, -0.2) is 29.6 Å². The van der Waals surface area contributed by atoms with Crippen LogP contribution in [0.1, 0.15) is 95.5 Å². The van der Waals surface area contributed by atoms with Gasteiger partial charge in [-0.1, -0.05) is 37.0 Å². The molecule has 4 nitrogen and oxygen atoms in total. The lowest BCUT2D eigenvalue weighted by Gasteiger charge is -2.54. The molecule has 36 heavy (non-hydrogen) atoms. The highest BCUT2D eigenvalue weighted by Crippen LogP contribution is 2.63. The van der Waals surface area contributed by atoms with Crippen LogP contribution in [0.4, 0.5) is 0 Å². The van der Waals surface area contributed by atoms with E-state index in [0.29, 0.717) is 36.2 Å². The van der Waals surface area contributed by atoms with Gasteiger partial charge in [0.2, 0.25) is 0 Å². The Bertz CT molecular complexity index is 966. The van der Waals surface area contributed by atoms with Gasteiger partial charge in [0.05, 0.1) is 12.7 Å². The minimum atomic E-state index is -0.192. The summed E-state index contributed by atoms with van der Waals surface area (Å²) in [7, 11) is 0. The number of aliphatic hydroxyl groups is 1. The molecule has 4 unspecified atom stereocenters. The summed E-state index contributed by atoms with van der Waals surface area (Å²) in [5, 5.41) is 15.0. The van der Waals surface area contributed by atoms with Crippen LogP contribution in [0, 0.1) is 29.1 Å². The SMILES string of the molecule is O=C1C=C2CCC3C(CC[C@@]4(CCOc5cccc(CNC6CCCCC6)c5)C3CC[C@@H]4O)C2CC1. The number of aliphatic hydroxyl groups excluding tert-OH is 1. The molecule has 0 aromatic heterocycles. The van der Waals surface area contributed by atoms with Gasteiger partial charge >= 0.3 is 0 Å². The van der Waals surface area contributed by atoms with Crippen molar-refractivity contribution in [2.24, 2.45) is 29.1 Å². The fraction of sp³-hybridized carbons (Fsp3) is 0.719. The molecule has 2 N–H and O–H groups in total. The number of fused-ring (bicyclic) bond motifs is 5. The number of hydrogen-bond donors (Lipinski definition) is 2. The summed E-state index contributed by atoms with van der Waals surface area (Å²) in [6.45, 7) is 1.60. The number of nitrogens with one attached hydrogen (secondary N) is 1. The quantitative estimate of drug-likeness (QED) is 0.466. The van der Waals surface area contributed by atoms with E-state index in [4.69, 9.17) is 4.74 Å². The van der Waals surface area contributed by atoms with Crippen molar-refractivity contribution in [3.8, 4) is 5.75 Å². The Morgan fingerprint density at radius 1 is 0.972 bits per heavy atom. The standard InChI is InChI=1S/C32H45NO3/c34-25-10-12-27-23(20-25)9-11-29-28(27)15-16-32(30(29)13-14-31(32)35)17-18-36-26-8-4-5-22(19-26)21-33-24-6-2-1-3-7-24/h4-5,8,19-20,24,27-31,33,35H,1-3,6-7,9-18,21H2/t27?,28?,29?,30?,31-,32+/m0/s1. The highest BCUT2D eigenvalue weighted by Gasteiger charge is 2.57. The maximum absolute atomic E-state index is 12.0. The largest absolute Gasteiger partial charge is 0.494 e. The van der Waals surface area contributed by atoms with E-state index in [9.17, 15) is 9.90 Å². The molecule has 6 atom stereocenters. The Labute approximate surface area is 217 Å². The van der Waals surface area contributed by atoms with E-state index in [1.54, 1.807) is 0 Å². The van der Waals surface area contributed by atoms with Gasteiger partial charge in [-0.2, -0.15) is 0 Å². The van der Waals surface area contributed by atoms with E-state index < -0.39 is 0 Å². The number of hydrogen-bond acceptors (Lipinski definition) is 4. The zero-order valence-corrected chi connectivity index (χ0v) is 21.9. The Morgan fingerprint density at radius 3 is 2.75 bits per heavy atom. The van der Waals surface area contributed by atoms with Crippen LogP contribution in [0.2, 0.25) is 0 Å². The van der Waals surface area contributed by atoms with Gasteiger partial charge in [0.1, 0.15) is 5.75 Å². The van der Waals surface area contributed by atoms with Crippen molar-refractivity contribution in [1.29, 1.82) is 0 Å². The van der Waals surface area contributed by atoms with Crippen LogP contribution in [0.5, 0.6) is 5.75 Å². The molecule has 5 aliphatic rings. The maximum atomic E-state index is 12.0. The van der Waals surface area contributed by atoms with Crippen LogP contribution in [0.25, 0.3) is 0 Å². The summed E-state index contributed by atoms with van der Waals surface area (Å²) in [6.07, 6.45) is 18.0. The van der Waals surface area contributed by atoms with E-state index >= 15 is 0 Å². The molecule has 4 fully saturated rings. The highest BCUT2D eigenvalue weighted by molar-refractivity contribution is 5.91. The molecule has 1 aromatic rings. The molecular formula is C32H45NO3. The molecule has 0 radical (unpaired) electrons. The Morgan fingerprint density at radius 2 is 1.86 bits per heavy atom. The summed E-state index contributed by atoms with van der Waals surface area (Å²) in [4.78, 5) is 12.0. The molecule has 0 heterocycles. The molecule has 5 aliphatic carbocycles. The maximum Gasteiger partial charge on any atom is 0.155 e. The summed E-state index contributed by atoms with van der Waals surface area (Å²) < 4.78 is 6.34. The van der Waals surface area contributed by atoms with Crippen LogP contribution >= 0.6 is 0 Å². The van der Waals surface area contributed by atoms with Gasteiger partial charge in [-0.3, -0.25) is 4.79 Å². The van der Waals surface area contributed by atoms with Gasteiger partial charge < -0.3 is 15.2 Å². The summed E-state index contributed by atoms with van der Waals surface area (Å²) in [6, 6.07) is 9.27. The molecule has 4 saturated carbocycles. The van der Waals surface area contributed by atoms with Gasteiger partial charge in [-0.05, 0) is 112 Å². The summed E-state index contributed by atoms with van der Waals surface area (Å²) in [5.74, 6) is 3.97. The van der Waals surface area contributed by atoms with Crippen molar-refractivity contribution in [3.05, 3.63) is 41.5 Å². The Balaban J connectivity index is 1.07. The topological polar surface area (TPSA) is 58.6 Å². The zero-order valence-electron chi connectivity index (χ0n) is 21.9. The van der Waals surface area contributed by atoms with E-state index in [-0.39, 0.29) is 11.5 Å². The number of rotatable bonds is 7. The summed E-state index contributed by atoms with van der Waals surface area (Å²) in [5.41, 5.74) is 2.76. The molecule has 0 aliphatic heterocycles. The molecule has 196 valence electrons. The van der Waals surface area contributed by atoms with Gasteiger partial charge in [0.25, 0.3) is 0 Å². The molecule has 0 bridgehead atoms. The van der Waals surface area contributed by atoms with Gasteiger partial charge in [0.15, 0.2) is 5.78 Å². The Kier molecular flexibility index (Phi) is 7.27. The third-order valence-corrected chi connectivity index (χ3v) is 10.9. The van der Waals surface area contributed by atoms with Gasteiger partial charge in [0, 0.05) is 24.4 Å². The van der Waals surface area contributed by atoms with Crippen molar-refractivity contribution >= 4 is 5.78 Å². The lowest BCUT2D eigenvalue weighted by molar-refractivity contribution is -0.116. The third kappa shape index (κ3) is 4.80. The van der Waals surface area contributed by atoms with Crippen LogP contribution < -0.4 is 10.1 Å². The molecule has 0 saturated heterocycles. The summed E-state index contributed by atoms with van der Waals surface area (Å²) >= 11 is 0. The van der Waals surface area contributed by atoms with Gasteiger partial charge in [-0.25, -0.2) is 0 Å². The minimum absolute atomic E-state index is 0.0209. The van der Waals surface area contributed by atoms with E-state index in [0.717, 1.165) is 63.2 Å². The van der Waals surface area contributed by atoms with Gasteiger partial charge in [-0.15, -0.1) is 0 Å². The number of carbonyl (C=O) groups is 1. The van der Waals surface area contributed by atoms with Crippen molar-refractivity contribution in [2.45, 2.75) is 109 Å². The normalized spacial score (nSPS) is 36.5. The fourth-order valence-electron chi connectivity index (χ4n) is 9.11.